The van der Waals surface area contributed by atoms with Gasteiger partial charge in [0.05, 0.1) is 0 Å². The van der Waals surface area contributed by atoms with E-state index in [1.165, 1.54) is 19.3 Å². The monoisotopic (exact) mass is 1080 g/mol. The summed E-state index contributed by atoms with van der Waals surface area (Å²) in [4.78, 5) is 38.3. The second kappa shape index (κ2) is 65.0. The third-order valence-corrected chi connectivity index (χ3v) is 12.4. The van der Waals surface area contributed by atoms with Gasteiger partial charge in [0.2, 0.25) is 0 Å². The quantitative estimate of drug-likeness (QED) is 0.0261. The highest BCUT2D eigenvalue weighted by atomic mass is 16.6. The van der Waals surface area contributed by atoms with Crippen LogP contribution in [0, 0.1) is 0 Å². The van der Waals surface area contributed by atoms with Gasteiger partial charge < -0.3 is 14.2 Å². The van der Waals surface area contributed by atoms with Crippen molar-refractivity contribution in [3.8, 4) is 0 Å². The van der Waals surface area contributed by atoms with Gasteiger partial charge in [0, 0.05) is 19.3 Å². The molecule has 0 rings (SSSR count). The standard InChI is InChI=1S/C73H112O6/c1-4-7-10-13-16-19-22-25-28-30-32-34-36-38-40-42-45-48-51-54-57-60-63-66-72(75)78-69-70(68-77-71(74)65-62-59-56-53-50-47-44-27-24-21-18-15-12-9-6-3)79-73(76)67-64-61-58-55-52-49-46-43-41-39-37-35-33-31-29-26-23-20-17-14-11-8-5-2/h7-12,16-21,25-29,32-35,38-41,44-45,48,54,57,70H,4-6,13-15,22-24,30-31,36-37,42-43,46-47,49-53,55-56,58-69H2,1-3H3/b10-7-,11-8-,12-9-,19-16-,20-17-,21-18-,28-25-,29-26-,34-32-,35-33-,40-38-,41-39-,44-27-,48-45-,57-54-. The van der Waals surface area contributed by atoms with Gasteiger partial charge in [-0.1, -0.05) is 254 Å². The number of esters is 3. The predicted molar refractivity (Wildman–Crippen MR) is 343 cm³/mol. The van der Waals surface area contributed by atoms with Gasteiger partial charge in [-0.2, -0.15) is 0 Å². The van der Waals surface area contributed by atoms with Crippen LogP contribution in [0.2, 0.25) is 0 Å². The van der Waals surface area contributed by atoms with Crippen molar-refractivity contribution in [1.82, 2.24) is 0 Å². The Morgan fingerprint density at radius 1 is 0.253 bits per heavy atom. The van der Waals surface area contributed by atoms with E-state index in [1.807, 2.05) is 0 Å². The molecule has 0 spiro atoms. The molecule has 0 amide bonds. The van der Waals surface area contributed by atoms with Crippen molar-refractivity contribution in [2.45, 2.75) is 245 Å². The zero-order valence-electron chi connectivity index (χ0n) is 50.3. The van der Waals surface area contributed by atoms with Crippen LogP contribution in [0.3, 0.4) is 0 Å². The molecule has 0 N–H and O–H groups in total. The van der Waals surface area contributed by atoms with E-state index >= 15 is 0 Å². The lowest BCUT2D eigenvalue weighted by Gasteiger charge is -2.18. The van der Waals surface area contributed by atoms with Gasteiger partial charge in [-0.05, 0) is 148 Å². The Kier molecular flexibility index (Phi) is 60.5. The van der Waals surface area contributed by atoms with Crippen LogP contribution in [0.25, 0.3) is 0 Å². The molecule has 6 heteroatoms. The molecule has 1 atom stereocenters. The van der Waals surface area contributed by atoms with Gasteiger partial charge >= 0.3 is 17.9 Å². The summed E-state index contributed by atoms with van der Waals surface area (Å²) in [5.41, 5.74) is 0. The van der Waals surface area contributed by atoms with Crippen LogP contribution in [-0.4, -0.2) is 37.2 Å². The van der Waals surface area contributed by atoms with Crippen LogP contribution in [0.5, 0.6) is 0 Å². The summed E-state index contributed by atoms with van der Waals surface area (Å²) in [5, 5.41) is 0. The van der Waals surface area contributed by atoms with Crippen LogP contribution in [0.4, 0.5) is 0 Å². The summed E-state index contributed by atoms with van der Waals surface area (Å²) in [5.74, 6) is -1.02. The number of ether oxygens (including phenoxy) is 3. The second-order valence-electron chi connectivity index (χ2n) is 19.8. The number of rotatable bonds is 54. The van der Waals surface area contributed by atoms with E-state index in [9.17, 15) is 14.4 Å². The Morgan fingerprint density at radius 3 is 0.759 bits per heavy atom. The van der Waals surface area contributed by atoms with Gasteiger partial charge in [-0.3, -0.25) is 14.4 Å². The molecule has 0 bridgehead atoms. The Hall–Kier alpha value is -5.49. The summed E-state index contributed by atoms with van der Waals surface area (Å²) in [6.45, 7) is 6.22. The predicted octanol–water partition coefficient (Wildman–Crippen LogP) is 21.7. The number of allylic oxidation sites excluding steroid dienone is 30. The number of hydrogen-bond acceptors (Lipinski definition) is 6. The Bertz CT molecular complexity index is 1870. The fourth-order valence-corrected chi connectivity index (χ4v) is 7.82. The molecule has 0 aromatic heterocycles. The maximum Gasteiger partial charge on any atom is 0.306 e. The van der Waals surface area contributed by atoms with Crippen molar-refractivity contribution in [3.05, 3.63) is 182 Å². The Labute approximate surface area is 484 Å². The van der Waals surface area contributed by atoms with Crippen molar-refractivity contribution in [3.63, 3.8) is 0 Å². The van der Waals surface area contributed by atoms with E-state index in [0.717, 1.165) is 173 Å². The lowest BCUT2D eigenvalue weighted by atomic mass is 10.1. The van der Waals surface area contributed by atoms with Crippen molar-refractivity contribution >= 4 is 17.9 Å². The number of hydrogen-bond donors (Lipinski definition) is 0. The van der Waals surface area contributed by atoms with E-state index in [0.29, 0.717) is 12.8 Å². The topological polar surface area (TPSA) is 78.9 Å². The maximum absolute atomic E-state index is 12.9. The molecule has 0 saturated carbocycles. The summed E-state index contributed by atoms with van der Waals surface area (Å²) in [7, 11) is 0. The average Bonchev–Trinajstić information content (AvgIpc) is 3.45. The van der Waals surface area contributed by atoms with Crippen LogP contribution < -0.4 is 0 Å². The van der Waals surface area contributed by atoms with Gasteiger partial charge in [-0.15, -0.1) is 0 Å². The van der Waals surface area contributed by atoms with Crippen LogP contribution in [0.15, 0.2) is 182 Å². The van der Waals surface area contributed by atoms with Crippen molar-refractivity contribution < 1.29 is 28.6 Å². The van der Waals surface area contributed by atoms with Crippen LogP contribution in [-0.2, 0) is 28.6 Å². The third kappa shape index (κ3) is 63.2. The molecule has 0 heterocycles. The molecule has 6 nitrogen and oxygen atoms in total. The zero-order valence-corrected chi connectivity index (χ0v) is 50.3. The molecule has 0 aliphatic rings. The van der Waals surface area contributed by atoms with E-state index in [-0.39, 0.29) is 44.0 Å². The molecule has 0 radical (unpaired) electrons. The molecule has 79 heavy (non-hydrogen) atoms. The third-order valence-electron chi connectivity index (χ3n) is 12.4. The minimum absolute atomic E-state index is 0.119. The number of carbonyl (C=O) groups is 3. The smallest absolute Gasteiger partial charge is 0.306 e. The normalized spacial score (nSPS) is 13.4. The molecule has 0 aromatic rings. The Balaban J connectivity index is 4.56. The largest absolute Gasteiger partial charge is 0.462 e. The van der Waals surface area contributed by atoms with Gasteiger partial charge in [-0.25, -0.2) is 0 Å². The highest BCUT2D eigenvalue weighted by Gasteiger charge is 2.19. The van der Waals surface area contributed by atoms with Crippen LogP contribution in [0.1, 0.15) is 239 Å². The van der Waals surface area contributed by atoms with Crippen LogP contribution >= 0.6 is 0 Å². The fourth-order valence-electron chi connectivity index (χ4n) is 7.82. The summed E-state index contributed by atoms with van der Waals surface area (Å²) < 4.78 is 16.8. The molecule has 0 aromatic carbocycles. The lowest BCUT2D eigenvalue weighted by Crippen LogP contribution is -2.30. The SMILES string of the molecule is CC/C=C\C/C=C\C/C=C\C/C=C\C/C=C\C/C=C\C/C=C\CCCC(=O)OCC(COC(=O)CCCCCCC/C=C\C/C=C\C/C=C\CC)OC(=O)CCCCCCCCC/C=C\C/C=C\C/C=C\C/C=C\C/C=C\CC. The Morgan fingerprint density at radius 2 is 0.468 bits per heavy atom. The molecular weight excluding hydrogens is 973 g/mol. The van der Waals surface area contributed by atoms with Gasteiger partial charge in [0.1, 0.15) is 13.2 Å². The molecule has 0 aliphatic carbocycles. The minimum Gasteiger partial charge on any atom is -0.462 e. The van der Waals surface area contributed by atoms with E-state index in [4.69, 9.17) is 14.2 Å². The first kappa shape index (κ1) is 73.5. The van der Waals surface area contributed by atoms with Gasteiger partial charge in [0.15, 0.2) is 6.10 Å². The number of carbonyl (C=O) groups excluding carboxylic acids is 3. The molecule has 1 unspecified atom stereocenters. The van der Waals surface area contributed by atoms with Crippen molar-refractivity contribution in [2.75, 3.05) is 13.2 Å². The zero-order chi connectivity index (χ0) is 57.1. The summed E-state index contributed by atoms with van der Waals surface area (Å²) >= 11 is 0. The minimum atomic E-state index is -0.828. The summed E-state index contributed by atoms with van der Waals surface area (Å²) in [6.07, 6.45) is 97.5. The first-order valence-corrected chi connectivity index (χ1v) is 31.3. The summed E-state index contributed by atoms with van der Waals surface area (Å²) in [6, 6.07) is 0. The van der Waals surface area contributed by atoms with E-state index in [2.05, 4.69) is 203 Å². The van der Waals surface area contributed by atoms with Crippen molar-refractivity contribution in [1.29, 1.82) is 0 Å². The molecule has 0 aliphatic heterocycles. The number of unbranched alkanes of at least 4 members (excludes halogenated alkanes) is 13. The van der Waals surface area contributed by atoms with Crippen molar-refractivity contribution in [2.24, 2.45) is 0 Å². The van der Waals surface area contributed by atoms with E-state index in [1.54, 1.807) is 0 Å². The first-order chi connectivity index (χ1) is 39.0. The molecule has 0 fully saturated rings. The first-order valence-electron chi connectivity index (χ1n) is 31.3. The van der Waals surface area contributed by atoms with Gasteiger partial charge in [0.25, 0.3) is 0 Å². The average molecular weight is 1090 g/mol. The lowest BCUT2D eigenvalue weighted by molar-refractivity contribution is -0.167. The molecule has 0 saturated heterocycles. The fraction of sp³-hybridized carbons (Fsp3) is 0.548. The molecule has 440 valence electrons. The second-order valence-corrected chi connectivity index (χ2v) is 19.8. The highest BCUT2D eigenvalue weighted by molar-refractivity contribution is 5.71. The van der Waals surface area contributed by atoms with E-state index < -0.39 is 6.10 Å². The highest BCUT2D eigenvalue weighted by Crippen LogP contribution is 2.13. The molecular formula is C73H112O6. The maximum atomic E-state index is 12.9.